The van der Waals surface area contributed by atoms with Crippen molar-refractivity contribution < 1.29 is 14.7 Å². The van der Waals surface area contributed by atoms with Crippen LogP contribution in [0.5, 0.6) is 0 Å². The number of aliphatic carboxylic acids is 1. The number of nitrogens with one attached hydrogen (secondary N) is 1. The van der Waals surface area contributed by atoms with E-state index in [0.717, 1.165) is 15.4 Å². The molecule has 2 aromatic rings. The number of aryl methyl sites for hydroxylation is 1. The molecule has 106 valence electrons. The lowest BCUT2D eigenvalue weighted by atomic mass is 10.2. The molecule has 2 N–H and O–H groups in total. The predicted molar refractivity (Wildman–Crippen MR) is 79.5 cm³/mol. The predicted octanol–water partition coefficient (Wildman–Crippen LogP) is 2.38. The highest BCUT2D eigenvalue weighted by Gasteiger charge is 2.05. The minimum Gasteiger partial charge on any atom is -0.481 e. The monoisotopic (exact) mass is 338 g/mol. The van der Waals surface area contributed by atoms with Crippen LogP contribution in [-0.4, -0.2) is 28.1 Å². The Bertz CT molecular complexity index is 636. The Morgan fingerprint density at radius 2 is 2.05 bits per heavy atom. The van der Waals surface area contributed by atoms with Gasteiger partial charge in [0.2, 0.25) is 5.91 Å². The SMILES string of the molecule is O=C(O)CCNC(=O)CCn1ccc2cc(Br)ccc21. The van der Waals surface area contributed by atoms with E-state index in [1.165, 1.54) is 0 Å². The number of carboxylic acid groups (broad SMARTS) is 1. The van der Waals surface area contributed by atoms with E-state index >= 15 is 0 Å². The molecule has 1 aromatic heterocycles. The van der Waals surface area contributed by atoms with Crippen molar-refractivity contribution in [3.05, 3.63) is 34.9 Å². The molecule has 0 radical (unpaired) electrons. The Morgan fingerprint density at radius 1 is 1.25 bits per heavy atom. The zero-order valence-corrected chi connectivity index (χ0v) is 12.4. The lowest BCUT2D eigenvalue weighted by Gasteiger charge is -2.06. The number of nitrogens with zero attached hydrogens (tertiary/aromatic N) is 1. The first kappa shape index (κ1) is 14.6. The van der Waals surface area contributed by atoms with Crippen LogP contribution in [-0.2, 0) is 16.1 Å². The van der Waals surface area contributed by atoms with E-state index in [9.17, 15) is 9.59 Å². The first-order valence-electron chi connectivity index (χ1n) is 6.29. The quantitative estimate of drug-likeness (QED) is 0.849. The average molecular weight is 339 g/mol. The van der Waals surface area contributed by atoms with Crippen molar-refractivity contribution in [1.29, 1.82) is 0 Å². The van der Waals surface area contributed by atoms with Gasteiger partial charge in [0, 0.05) is 41.1 Å². The molecule has 1 amide bonds. The van der Waals surface area contributed by atoms with Gasteiger partial charge < -0.3 is 15.0 Å². The fourth-order valence-electron chi connectivity index (χ4n) is 1.99. The summed E-state index contributed by atoms with van der Waals surface area (Å²) in [4.78, 5) is 21.9. The summed E-state index contributed by atoms with van der Waals surface area (Å²) < 4.78 is 3.03. The van der Waals surface area contributed by atoms with Crippen LogP contribution < -0.4 is 5.32 Å². The highest BCUT2D eigenvalue weighted by molar-refractivity contribution is 9.10. The number of hydrogen-bond donors (Lipinski definition) is 2. The zero-order chi connectivity index (χ0) is 14.5. The third-order valence-corrected chi connectivity index (χ3v) is 3.47. The van der Waals surface area contributed by atoms with Crippen LogP contribution in [0, 0.1) is 0 Å². The maximum atomic E-state index is 11.6. The Kier molecular flexibility index (Phi) is 4.79. The normalized spacial score (nSPS) is 10.7. The highest BCUT2D eigenvalue weighted by atomic mass is 79.9. The van der Waals surface area contributed by atoms with Gasteiger partial charge in [-0.25, -0.2) is 0 Å². The van der Waals surface area contributed by atoms with E-state index in [4.69, 9.17) is 5.11 Å². The molecule has 1 heterocycles. The number of hydrogen-bond acceptors (Lipinski definition) is 2. The third kappa shape index (κ3) is 3.84. The van der Waals surface area contributed by atoms with Crippen LogP contribution in [0.1, 0.15) is 12.8 Å². The van der Waals surface area contributed by atoms with E-state index < -0.39 is 5.97 Å². The van der Waals surface area contributed by atoms with E-state index in [-0.39, 0.29) is 18.9 Å². The van der Waals surface area contributed by atoms with Crippen molar-refractivity contribution in [3.8, 4) is 0 Å². The number of halogens is 1. The van der Waals surface area contributed by atoms with Gasteiger partial charge in [-0.15, -0.1) is 0 Å². The number of fused-ring (bicyclic) bond motifs is 1. The molecule has 0 unspecified atom stereocenters. The van der Waals surface area contributed by atoms with E-state index in [2.05, 4.69) is 21.2 Å². The van der Waals surface area contributed by atoms with E-state index in [1.807, 2.05) is 35.0 Å². The molecule has 0 aliphatic carbocycles. The topological polar surface area (TPSA) is 71.3 Å². The number of carbonyl (C=O) groups is 2. The van der Waals surface area contributed by atoms with Gasteiger partial charge in [-0.3, -0.25) is 9.59 Å². The fraction of sp³-hybridized carbons (Fsp3) is 0.286. The summed E-state index contributed by atoms with van der Waals surface area (Å²) in [6, 6.07) is 7.99. The first-order valence-corrected chi connectivity index (χ1v) is 7.08. The van der Waals surface area contributed by atoms with Crippen LogP contribution >= 0.6 is 15.9 Å². The number of carboxylic acids is 1. The van der Waals surface area contributed by atoms with Gasteiger partial charge in [-0.05, 0) is 24.3 Å². The van der Waals surface area contributed by atoms with Gasteiger partial charge in [-0.2, -0.15) is 0 Å². The summed E-state index contributed by atoms with van der Waals surface area (Å²) in [6.45, 7) is 0.748. The average Bonchev–Trinajstić information content (AvgIpc) is 2.78. The Morgan fingerprint density at radius 3 is 2.80 bits per heavy atom. The smallest absolute Gasteiger partial charge is 0.305 e. The summed E-state index contributed by atoms with van der Waals surface area (Å²) in [6.07, 6.45) is 2.23. The van der Waals surface area contributed by atoms with Crippen LogP contribution in [0.3, 0.4) is 0 Å². The molecular formula is C14H15BrN2O3. The number of amides is 1. The second-order valence-corrected chi connectivity index (χ2v) is 5.37. The van der Waals surface area contributed by atoms with Gasteiger partial charge in [0.05, 0.1) is 6.42 Å². The summed E-state index contributed by atoms with van der Waals surface area (Å²) in [5, 5.41) is 12.2. The van der Waals surface area contributed by atoms with E-state index in [0.29, 0.717) is 13.0 Å². The van der Waals surface area contributed by atoms with Crippen molar-refractivity contribution in [1.82, 2.24) is 9.88 Å². The highest BCUT2D eigenvalue weighted by Crippen LogP contribution is 2.21. The van der Waals surface area contributed by atoms with Crippen LogP contribution in [0.15, 0.2) is 34.9 Å². The molecule has 0 saturated carbocycles. The zero-order valence-electron chi connectivity index (χ0n) is 10.8. The van der Waals surface area contributed by atoms with Gasteiger partial charge in [-0.1, -0.05) is 15.9 Å². The first-order chi connectivity index (χ1) is 9.56. The summed E-state index contributed by atoms with van der Waals surface area (Å²) >= 11 is 3.42. The largest absolute Gasteiger partial charge is 0.481 e. The Hall–Kier alpha value is -1.82. The van der Waals surface area contributed by atoms with Crippen molar-refractivity contribution in [2.24, 2.45) is 0 Å². The van der Waals surface area contributed by atoms with Crippen molar-refractivity contribution in [2.45, 2.75) is 19.4 Å². The maximum absolute atomic E-state index is 11.6. The molecule has 20 heavy (non-hydrogen) atoms. The molecule has 0 fully saturated rings. The molecule has 0 atom stereocenters. The standard InChI is InChI=1S/C14H15BrN2O3/c15-11-1-2-12-10(9-11)4-7-17(12)8-5-13(18)16-6-3-14(19)20/h1-2,4,7,9H,3,5-6,8H2,(H,16,18)(H,19,20). The molecule has 0 spiro atoms. The number of aromatic nitrogens is 1. The molecule has 1 aromatic carbocycles. The summed E-state index contributed by atoms with van der Waals surface area (Å²) in [5.41, 5.74) is 1.08. The second-order valence-electron chi connectivity index (χ2n) is 4.46. The van der Waals surface area contributed by atoms with Crippen molar-refractivity contribution in [2.75, 3.05) is 6.54 Å². The second kappa shape index (κ2) is 6.56. The van der Waals surface area contributed by atoms with E-state index in [1.54, 1.807) is 0 Å². The molecule has 0 saturated heterocycles. The minimum atomic E-state index is -0.910. The Balaban J connectivity index is 1.89. The maximum Gasteiger partial charge on any atom is 0.305 e. The molecule has 0 aliphatic heterocycles. The fourth-order valence-corrected chi connectivity index (χ4v) is 2.36. The molecular weight excluding hydrogens is 324 g/mol. The van der Waals surface area contributed by atoms with Gasteiger partial charge >= 0.3 is 5.97 Å². The minimum absolute atomic E-state index is 0.0494. The lowest BCUT2D eigenvalue weighted by molar-refractivity contribution is -0.136. The molecule has 0 bridgehead atoms. The number of carbonyl (C=O) groups excluding carboxylic acids is 1. The van der Waals surface area contributed by atoms with Gasteiger partial charge in [0.15, 0.2) is 0 Å². The van der Waals surface area contributed by atoms with Crippen LogP contribution in [0.4, 0.5) is 0 Å². The van der Waals surface area contributed by atoms with Crippen molar-refractivity contribution in [3.63, 3.8) is 0 Å². The number of benzene rings is 1. The van der Waals surface area contributed by atoms with Crippen molar-refractivity contribution >= 4 is 38.7 Å². The molecule has 2 rings (SSSR count). The van der Waals surface area contributed by atoms with Crippen LogP contribution in [0.25, 0.3) is 10.9 Å². The summed E-state index contributed by atoms with van der Waals surface area (Å²) in [7, 11) is 0. The number of rotatable bonds is 6. The Labute approximate surface area is 124 Å². The summed E-state index contributed by atoms with van der Waals surface area (Å²) in [5.74, 6) is -1.04. The molecule has 6 heteroatoms. The van der Waals surface area contributed by atoms with Gasteiger partial charge in [0.1, 0.15) is 0 Å². The lowest BCUT2D eigenvalue weighted by Crippen LogP contribution is -2.26. The molecule has 0 aliphatic rings. The van der Waals surface area contributed by atoms with Gasteiger partial charge in [0.25, 0.3) is 0 Å². The molecule has 5 nitrogen and oxygen atoms in total. The third-order valence-electron chi connectivity index (χ3n) is 2.97. The van der Waals surface area contributed by atoms with Crippen LogP contribution in [0.2, 0.25) is 0 Å².